The molecule has 0 aliphatic heterocycles. The quantitative estimate of drug-likeness (QED) is 0.533. The molecule has 3 rings (SSSR count). The summed E-state index contributed by atoms with van der Waals surface area (Å²) in [5, 5.41) is 5.72. The van der Waals surface area contributed by atoms with E-state index in [1.807, 2.05) is 44.2 Å². The van der Waals surface area contributed by atoms with E-state index in [-0.39, 0.29) is 24.5 Å². The van der Waals surface area contributed by atoms with Gasteiger partial charge in [-0.2, -0.15) is 0 Å². The second kappa shape index (κ2) is 10.8. The third kappa shape index (κ3) is 6.34. The van der Waals surface area contributed by atoms with Crippen LogP contribution in [0.3, 0.4) is 0 Å². The lowest BCUT2D eigenvalue weighted by molar-refractivity contribution is -0.118. The molecule has 0 fully saturated rings. The van der Waals surface area contributed by atoms with Gasteiger partial charge in [0.15, 0.2) is 6.61 Å². The Bertz CT molecular complexity index is 1000. The van der Waals surface area contributed by atoms with Crippen LogP contribution < -0.4 is 20.1 Å². The van der Waals surface area contributed by atoms with Crippen molar-refractivity contribution in [2.75, 3.05) is 18.5 Å². The third-order valence-electron chi connectivity index (χ3n) is 4.60. The number of carbonyl (C=O) groups excluding carboxylic acids is 2. The summed E-state index contributed by atoms with van der Waals surface area (Å²) in [6.45, 7) is 4.23. The first-order valence-electron chi connectivity index (χ1n) is 10.2. The summed E-state index contributed by atoms with van der Waals surface area (Å²) in [5.41, 5.74) is 1.82. The Morgan fingerprint density at radius 1 is 0.839 bits per heavy atom. The molecule has 0 bridgehead atoms. The van der Waals surface area contributed by atoms with Crippen molar-refractivity contribution in [2.45, 2.75) is 19.9 Å². The van der Waals surface area contributed by atoms with Crippen LogP contribution in [0.1, 0.15) is 35.8 Å². The number of nitrogens with one attached hydrogen (secondary N) is 2. The predicted molar refractivity (Wildman–Crippen MR) is 121 cm³/mol. The number of ether oxygens (including phenoxy) is 2. The van der Waals surface area contributed by atoms with Gasteiger partial charge in [-0.05, 0) is 55.8 Å². The number of hydrogen-bond donors (Lipinski definition) is 2. The molecule has 0 heterocycles. The number of hydrogen-bond acceptors (Lipinski definition) is 4. The summed E-state index contributed by atoms with van der Waals surface area (Å²) in [4.78, 5) is 25.2. The Morgan fingerprint density at radius 2 is 1.45 bits per heavy atom. The van der Waals surface area contributed by atoms with Crippen LogP contribution in [0.15, 0.2) is 78.9 Å². The molecule has 0 aliphatic rings. The van der Waals surface area contributed by atoms with Crippen molar-refractivity contribution in [3.05, 3.63) is 90.0 Å². The maximum absolute atomic E-state index is 12.8. The molecule has 0 aromatic heterocycles. The minimum atomic E-state index is -0.356. The summed E-state index contributed by atoms with van der Waals surface area (Å²) in [6.07, 6.45) is 0. The fourth-order valence-corrected chi connectivity index (χ4v) is 3.02. The molecule has 2 N–H and O–H groups in total. The highest BCUT2D eigenvalue weighted by atomic mass is 16.5. The molecule has 160 valence electrons. The smallest absolute Gasteiger partial charge is 0.262 e. The Morgan fingerprint density at radius 3 is 2.13 bits per heavy atom. The zero-order chi connectivity index (χ0) is 22.1. The van der Waals surface area contributed by atoms with E-state index in [9.17, 15) is 9.59 Å². The molecule has 3 aromatic carbocycles. The van der Waals surface area contributed by atoms with Gasteiger partial charge in [-0.15, -0.1) is 0 Å². The monoisotopic (exact) mass is 418 g/mol. The number of benzene rings is 3. The third-order valence-corrected chi connectivity index (χ3v) is 4.60. The lowest BCUT2D eigenvalue weighted by atomic mass is 10.1. The van der Waals surface area contributed by atoms with Crippen LogP contribution in [0.5, 0.6) is 11.5 Å². The Labute approximate surface area is 182 Å². The highest BCUT2D eigenvalue weighted by molar-refractivity contribution is 6.04. The zero-order valence-electron chi connectivity index (χ0n) is 17.6. The van der Waals surface area contributed by atoms with Crippen molar-refractivity contribution in [1.29, 1.82) is 0 Å². The van der Waals surface area contributed by atoms with Crippen LogP contribution in [-0.4, -0.2) is 25.0 Å². The van der Waals surface area contributed by atoms with Crippen LogP contribution >= 0.6 is 0 Å². The number of rotatable bonds is 9. The average molecular weight is 418 g/mol. The molecular weight excluding hydrogens is 392 g/mol. The summed E-state index contributed by atoms with van der Waals surface area (Å²) < 4.78 is 10.9. The number of para-hydroxylation sites is 1. The lowest BCUT2D eigenvalue weighted by Crippen LogP contribution is -2.28. The Hall–Kier alpha value is -3.80. The highest BCUT2D eigenvalue weighted by Crippen LogP contribution is 2.19. The molecule has 0 aliphatic carbocycles. The molecule has 3 aromatic rings. The average Bonchev–Trinajstić information content (AvgIpc) is 2.79. The molecule has 0 saturated heterocycles. The van der Waals surface area contributed by atoms with Crippen molar-refractivity contribution in [1.82, 2.24) is 5.32 Å². The van der Waals surface area contributed by atoms with Crippen molar-refractivity contribution < 1.29 is 19.1 Å². The van der Waals surface area contributed by atoms with Gasteiger partial charge in [0, 0.05) is 0 Å². The van der Waals surface area contributed by atoms with Gasteiger partial charge < -0.3 is 20.1 Å². The zero-order valence-corrected chi connectivity index (χ0v) is 17.6. The van der Waals surface area contributed by atoms with Crippen molar-refractivity contribution in [2.24, 2.45) is 0 Å². The first kappa shape index (κ1) is 21.9. The van der Waals surface area contributed by atoms with Gasteiger partial charge in [0.1, 0.15) is 11.5 Å². The lowest BCUT2D eigenvalue weighted by Gasteiger charge is -2.16. The molecule has 1 atom stereocenters. The van der Waals surface area contributed by atoms with Crippen molar-refractivity contribution in [3.8, 4) is 11.5 Å². The molecule has 6 nitrogen and oxygen atoms in total. The number of carbonyl (C=O) groups is 2. The minimum Gasteiger partial charge on any atom is -0.494 e. The second-order valence-electron chi connectivity index (χ2n) is 6.89. The van der Waals surface area contributed by atoms with Crippen LogP contribution in [0, 0.1) is 0 Å². The standard InChI is InChI=1S/C25H26N2O4/c1-3-30-20-13-15-21(16-14-20)31-17-24(28)27-23-12-8-7-11-22(23)25(29)26-18(2)19-9-5-4-6-10-19/h4-16,18H,3,17H2,1-2H3,(H,26,29)(H,27,28)/t18-/m0/s1. The summed E-state index contributed by atoms with van der Waals surface area (Å²) >= 11 is 0. The molecule has 0 saturated carbocycles. The van der Waals surface area contributed by atoms with E-state index in [1.54, 1.807) is 48.5 Å². The predicted octanol–water partition coefficient (Wildman–Crippen LogP) is 4.59. The van der Waals surface area contributed by atoms with E-state index < -0.39 is 0 Å². The maximum atomic E-state index is 12.8. The van der Waals surface area contributed by atoms with Gasteiger partial charge in [-0.25, -0.2) is 0 Å². The van der Waals surface area contributed by atoms with E-state index in [2.05, 4.69) is 10.6 Å². The van der Waals surface area contributed by atoms with E-state index in [4.69, 9.17) is 9.47 Å². The Balaban J connectivity index is 1.59. The summed E-state index contributed by atoms with van der Waals surface area (Å²) in [7, 11) is 0. The topological polar surface area (TPSA) is 76.7 Å². The fourth-order valence-electron chi connectivity index (χ4n) is 3.02. The summed E-state index contributed by atoms with van der Waals surface area (Å²) in [6, 6.07) is 23.5. The maximum Gasteiger partial charge on any atom is 0.262 e. The van der Waals surface area contributed by atoms with Crippen molar-refractivity contribution >= 4 is 17.5 Å². The van der Waals surface area contributed by atoms with E-state index in [0.717, 1.165) is 11.3 Å². The Kier molecular flexibility index (Phi) is 7.65. The first-order valence-corrected chi connectivity index (χ1v) is 10.2. The van der Waals surface area contributed by atoms with Crippen LogP contribution in [0.4, 0.5) is 5.69 Å². The van der Waals surface area contributed by atoms with E-state index >= 15 is 0 Å². The molecule has 6 heteroatoms. The van der Waals surface area contributed by atoms with Gasteiger partial charge in [-0.3, -0.25) is 9.59 Å². The second-order valence-corrected chi connectivity index (χ2v) is 6.89. The van der Waals surface area contributed by atoms with Gasteiger partial charge in [0.2, 0.25) is 0 Å². The summed E-state index contributed by atoms with van der Waals surface area (Å²) in [5.74, 6) is 0.676. The largest absolute Gasteiger partial charge is 0.494 e. The van der Waals surface area contributed by atoms with Crippen LogP contribution in [0.25, 0.3) is 0 Å². The minimum absolute atomic E-state index is 0.166. The van der Waals surface area contributed by atoms with Crippen LogP contribution in [-0.2, 0) is 4.79 Å². The molecule has 0 spiro atoms. The molecule has 2 amide bonds. The SMILES string of the molecule is CCOc1ccc(OCC(=O)Nc2ccccc2C(=O)N[C@@H](C)c2ccccc2)cc1. The fraction of sp³-hybridized carbons (Fsp3) is 0.200. The molecular formula is C25H26N2O4. The number of anilines is 1. The normalized spacial score (nSPS) is 11.3. The van der Waals surface area contributed by atoms with Crippen molar-refractivity contribution in [3.63, 3.8) is 0 Å². The van der Waals surface area contributed by atoms with E-state index in [0.29, 0.717) is 23.6 Å². The van der Waals surface area contributed by atoms with Gasteiger partial charge in [0.25, 0.3) is 11.8 Å². The van der Waals surface area contributed by atoms with Gasteiger partial charge >= 0.3 is 0 Å². The van der Waals surface area contributed by atoms with Crippen LogP contribution in [0.2, 0.25) is 0 Å². The molecule has 31 heavy (non-hydrogen) atoms. The molecule has 0 unspecified atom stereocenters. The van der Waals surface area contributed by atoms with E-state index in [1.165, 1.54) is 0 Å². The van der Waals surface area contributed by atoms with Gasteiger partial charge in [0.05, 0.1) is 23.9 Å². The van der Waals surface area contributed by atoms with Gasteiger partial charge in [-0.1, -0.05) is 42.5 Å². The molecule has 0 radical (unpaired) electrons. The first-order chi connectivity index (χ1) is 15.1. The highest BCUT2D eigenvalue weighted by Gasteiger charge is 2.16. The number of amides is 2.